The summed E-state index contributed by atoms with van der Waals surface area (Å²) in [6.45, 7) is 0.746. The Bertz CT molecular complexity index is 1100. The lowest BCUT2D eigenvalue weighted by atomic mass is 10.2. The first-order valence-electron chi connectivity index (χ1n) is 9.36. The molecule has 1 saturated heterocycles. The van der Waals surface area contributed by atoms with Crippen LogP contribution in [0.3, 0.4) is 0 Å². The van der Waals surface area contributed by atoms with Gasteiger partial charge in [0, 0.05) is 0 Å². The summed E-state index contributed by atoms with van der Waals surface area (Å²) in [5, 5.41) is -0.253. The van der Waals surface area contributed by atoms with E-state index in [0.717, 1.165) is 32.9 Å². The molecule has 30 heavy (non-hydrogen) atoms. The van der Waals surface area contributed by atoms with Gasteiger partial charge >= 0.3 is 0 Å². The molecule has 0 aliphatic carbocycles. The molecule has 0 radical (unpaired) electrons. The minimum Gasteiger partial charge on any atom is -0.488 e. The molecule has 1 aliphatic rings. The highest BCUT2D eigenvalue weighted by Gasteiger charge is 2.34. The molecular formula is C24H18BrNO3S. The van der Waals surface area contributed by atoms with Gasteiger partial charge in [-0.05, 0) is 62.6 Å². The van der Waals surface area contributed by atoms with Crippen LogP contribution >= 0.6 is 27.7 Å². The van der Waals surface area contributed by atoms with Gasteiger partial charge in [0.1, 0.15) is 12.4 Å². The minimum atomic E-state index is -0.269. The van der Waals surface area contributed by atoms with Crippen LogP contribution in [0.1, 0.15) is 16.7 Å². The van der Waals surface area contributed by atoms with Crippen LogP contribution in [0.15, 0.2) is 88.2 Å². The van der Waals surface area contributed by atoms with Crippen LogP contribution < -0.4 is 4.74 Å². The number of rotatable bonds is 6. The van der Waals surface area contributed by atoms with Crippen LogP contribution in [0.4, 0.5) is 4.79 Å². The van der Waals surface area contributed by atoms with Crippen LogP contribution in [0.25, 0.3) is 6.08 Å². The van der Waals surface area contributed by atoms with Gasteiger partial charge in [-0.2, -0.15) is 0 Å². The number of benzene rings is 3. The molecule has 0 aromatic heterocycles. The van der Waals surface area contributed by atoms with Crippen molar-refractivity contribution in [3.63, 3.8) is 0 Å². The Morgan fingerprint density at radius 1 is 0.900 bits per heavy atom. The molecule has 6 heteroatoms. The van der Waals surface area contributed by atoms with Crippen LogP contribution in [0.5, 0.6) is 5.75 Å². The van der Waals surface area contributed by atoms with Crippen LogP contribution in [0.2, 0.25) is 0 Å². The molecule has 150 valence electrons. The van der Waals surface area contributed by atoms with Gasteiger partial charge in [-0.25, -0.2) is 0 Å². The van der Waals surface area contributed by atoms with Crippen molar-refractivity contribution in [2.75, 3.05) is 0 Å². The lowest BCUT2D eigenvalue weighted by molar-refractivity contribution is -0.123. The van der Waals surface area contributed by atoms with E-state index < -0.39 is 0 Å². The second-order valence-electron chi connectivity index (χ2n) is 6.72. The maximum atomic E-state index is 12.7. The fourth-order valence-electron chi connectivity index (χ4n) is 3.01. The topological polar surface area (TPSA) is 46.6 Å². The highest BCUT2D eigenvalue weighted by Crippen LogP contribution is 2.34. The summed E-state index contributed by atoms with van der Waals surface area (Å²) >= 11 is 4.50. The van der Waals surface area contributed by atoms with Gasteiger partial charge in [0.25, 0.3) is 11.1 Å². The summed E-state index contributed by atoms with van der Waals surface area (Å²) in [6.07, 6.45) is 1.74. The van der Waals surface area contributed by atoms with Crippen LogP contribution in [-0.2, 0) is 17.9 Å². The average molecular weight is 480 g/mol. The largest absolute Gasteiger partial charge is 0.488 e. The first-order chi connectivity index (χ1) is 14.6. The first kappa shape index (κ1) is 20.4. The molecule has 0 bridgehead atoms. The Morgan fingerprint density at radius 3 is 2.23 bits per heavy atom. The Hall–Kier alpha value is -2.83. The molecule has 1 heterocycles. The molecule has 1 fully saturated rings. The zero-order valence-electron chi connectivity index (χ0n) is 16.0. The van der Waals surface area contributed by atoms with Gasteiger partial charge in [0.15, 0.2) is 0 Å². The third-order valence-corrected chi connectivity index (χ3v) is 6.08. The molecule has 4 nitrogen and oxygen atoms in total. The van der Waals surface area contributed by atoms with Crippen molar-refractivity contribution < 1.29 is 14.3 Å². The van der Waals surface area contributed by atoms with E-state index in [0.29, 0.717) is 17.3 Å². The molecule has 0 saturated carbocycles. The predicted molar refractivity (Wildman–Crippen MR) is 123 cm³/mol. The SMILES string of the molecule is O=C1S/C(=C\c2ccc(OCc3ccccc3)c(Br)c2)C(=O)N1Cc1ccccc1. The average Bonchev–Trinajstić information content (AvgIpc) is 3.02. The maximum Gasteiger partial charge on any atom is 0.293 e. The minimum absolute atomic E-state index is 0.253. The number of ether oxygens (including phenoxy) is 1. The van der Waals surface area contributed by atoms with Crippen molar-refractivity contribution in [3.8, 4) is 5.75 Å². The molecule has 0 unspecified atom stereocenters. The van der Waals surface area contributed by atoms with Gasteiger partial charge in [0.2, 0.25) is 0 Å². The summed E-state index contributed by atoms with van der Waals surface area (Å²) in [6, 6.07) is 25.0. The van der Waals surface area contributed by atoms with E-state index in [-0.39, 0.29) is 17.7 Å². The molecule has 2 amide bonds. The van der Waals surface area contributed by atoms with Crippen molar-refractivity contribution in [2.45, 2.75) is 13.2 Å². The Balaban J connectivity index is 1.46. The summed E-state index contributed by atoms with van der Waals surface area (Å²) in [4.78, 5) is 26.7. The summed E-state index contributed by atoms with van der Waals surface area (Å²) in [5.41, 5.74) is 2.82. The summed E-state index contributed by atoms with van der Waals surface area (Å²) in [5.74, 6) is 0.447. The lowest BCUT2D eigenvalue weighted by Gasteiger charge is -2.12. The standard InChI is InChI=1S/C24H18BrNO3S/c25-20-13-19(11-12-21(20)29-16-18-9-5-2-6-10-18)14-22-23(27)26(24(28)30-22)15-17-7-3-1-4-8-17/h1-14H,15-16H2/b22-14-. The highest BCUT2D eigenvalue weighted by atomic mass is 79.9. The third-order valence-electron chi connectivity index (χ3n) is 4.55. The van der Waals surface area contributed by atoms with E-state index in [1.165, 1.54) is 4.90 Å². The number of nitrogens with zero attached hydrogens (tertiary/aromatic N) is 1. The second kappa shape index (κ2) is 9.32. The van der Waals surface area contributed by atoms with Crippen molar-refractivity contribution >= 4 is 44.9 Å². The number of hydrogen-bond donors (Lipinski definition) is 0. The first-order valence-corrected chi connectivity index (χ1v) is 11.0. The van der Waals surface area contributed by atoms with Gasteiger partial charge in [-0.1, -0.05) is 66.7 Å². The molecule has 3 aromatic carbocycles. The van der Waals surface area contributed by atoms with Crippen molar-refractivity contribution in [3.05, 3.63) is 105 Å². The Labute approximate surface area is 187 Å². The molecule has 4 rings (SSSR count). The van der Waals surface area contributed by atoms with Crippen molar-refractivity contribution in [2.24, 2.45) is 0 Å². The number of hydrogen-bond acceptors (Lipinski definition) is 4. The number of thioether (sulfide) groups is 1. The number of halogens is 1. The Morgan fingerprint density at radius 2 is 1.57 bits per heavy atom. The monoisotopic (exact) mass is 479 g/mol. The van der Waals surface area contributed by atoms with Gasteiger partial charge < -0.3 is 4.74 Å². The van der Waals surface area contributed by atoms with E-state index in [9.17, 15) is 9.59 Å². The fraction of sp³-hybridized carbons (Fsp3) is 0.0833. The second-order valence-corrected chi connectivity index (χ2v) is 8.57. The quantitative estimate of drug-likeness (QED) is 0.391. The zero-order chi connectivity index (χ0) is 20.9. The normalized spacial score (nSPS) is 15.1. The highest BCUT2D eigenvalue weighted by molar-refractivity contribution is 9.10. The predicted octanol–water partition coefficient (Wildman–Crippen LogP) is 6.26. The van der Waals surface area contributed by atoms with Gasteiger partial charge in [-0.15, -0.1) is 0 Å². The molecule has 0 N–H and O–H groups in total. The Kier molecular flexibility index (Phi) is 6.35. The van der Waals surface area contributed by atoms with Gasteiger partial charge in [-0.3, -0.25) is 14.5 Å². The smallest absolute Gasteiger partial charge is 0.293 e. The number of amides is 2. The third kappa shape index (κ3) is 4.83. The number of carbonyl (C=O) groups is 2. The maximum absolute atomic E-state index is 12.7. The van der Waals surface area contributed by atoms with Crippen molar-refractivity contribution in [1.82, 2.24) is 4.90 Å². The number of carbonyl (C=O) groups excluding carboxylic acids is 2. The summed E-state index contributed by atoms with van der Waals surface area (Å²) in [7, 11) is 0. The van der Waals surface area contributed by atoms with Crippen LogP contribution in [0, 0.1) is 0 Å². The molecule has 3 aromatic rings. The zero-order valence-corrected chi connectivity index (χ0v) is 18.4. The van der Waals surface area contributed by atoms with E-state index in [4.69, 9.17) is 4.74 Å². The molecule has 0 atom stereocenters. The van der Waals surface area contributed by atoms with E-state index in [1.54, 1.807) is 6.08 Å². The van der Waals surface area contributed by atoms with E-state index >= 15 is 0 Å². The van der Waals surface area contributed by atoms with Gasteiger partial charge in [0.05, 0.1) is 15.9 Å². The summed E-state index contributed by atoms with van der Waals surface area (Å²) < 4.78 is 6.66. The fourth-order valence-corrected chi connectivity index (χ4v) is 4.36. The molecule has 0 spiro atoms. The molecule has 1 aliphatic heterocycles. The van der Waals surface area contributed by atoms with Crippen molar-refractivity contribution in [1.29, 1.82) is 0 Å². The lowest BCUT2D eigenvalue weighted by Crippen LogP contribution is -2.27. The van der Waals surface area contributed by atoms with Crippen LogP contribution in [-0.4, -0.2) is 16.0 Å². The molecular weight excluding hydrogens is 462 g/mol. The van der Waals surface area contributed by atoms with E-state index in [1.807, 2.05) is 78.9 Å². The number of imide groups is 1. The van der Waals surface area contributed by atoms with E-state index in [2.05, 4.69) is 15.9 Å².